The molecule has 166 valence electrons. The smallest absolute Gasteiger partial charge is 0.270 e. The van der Waals surface area contributed by atoms with Gasteiger partial charge >= 0.3 is 0 Å². The van der Waals surface area contributed by atoms with E-state index in [9.17, 15) is 13.6 Å². The minimum atomic E-state index is -2.96. The molecular weight excluding hydrogens is 384 g/mol. The molecule has 0 aliphatic rings. The van der Waals surface area contributed by atoms with Crippen molar-refractivity contribution in [2.75, 3.05) is 18.9 Å². The second-order valence-corrected chi connectivity index (χ2v) is 9.98. The lowest BCUT2D eigenvalue weighted by Crippen LogP contribution is -2.33. The summed E-state index contributed by atoms with van der Waals surface area (Å²) in [6, 6.07) is 7.77. The van der Waals surface area contributed by atoms with Crippen LogP contribution in [0.3, 0.4) is 0 Å². The van der Waals surface area contributed by atoms with E-state index in [1.54, 1.807) is 6.07 Å². The van der Waals surface area contributed by atoms with E-state index < -0.39 is 5.92 Å². The molecule has 2 aromatic rings. The van der Waals surface area contributed by atoms with Gasteiger partial charge in [-0.1, -0.05) is 46.8 Å². The van der Waals surface area contributed by atoms with E-state index in [-0.39, 0.29) is 22.3 Å². The zero-order valence-electron chi connectivity index (χ0n) is 19.4. The molecule has 30 heavy (non-hydrogen) atoms. The molecule has 0 fully saturated rings. The first-order valence-corrected chi connectivity index (χ1v) is 10.3. The first-order valence-electron chi connectivity index (χ1n) is 10.3. The molecule has 0 unspecified atom stereocenters. The molecule has 1 amide bonds. The van der Waals surface area contributed by atoms with Gasteiger partial charge in [0.2, 0.25) is 0 Å². The van der Waals surface area contributed by atoms with Crippen LogP contribution in [0.2, 0.25) is 0 Å². The molecule has 2 rings (SSSR count). The SMILES string of the molecule is CNCC(C)(C)Cn1c(C(C)(C)C)cc(C(=O)Nc2cccc(C(C)(F)F)c2)c1C. The van der Waals surface area contributed by atoms with Crippen LogP contribution in [-0.4, -0.2) is 24.1 Å². The van der Waals surface area contributed by atoms with Gasteiger partial charge in [-0.05, 0) is 37.6 Å². The number of nitrogens with one attached hydrogen (secondary N) is 2. The molecule has 0 radical (unpaired) electrons. The van der Waals surface area contributed by atoms with E-state index in [0.717, 1.165) is 31.4 Å². The number of hydrogen-bond acceptors (Lipinski definition) is 2. The third-order valence-electron chi connectivity index (χ3n) is 5.25. The van der Waals surface area contributed by atoms with E-state index >= 15 is 0 Å². The Bertz CT molecular complexity index is 902. The quantitative estimate of drug-likeness (QED) is 0.604. The molecule has 0 bridgehead atoms. The van der Waals surface area contributed by atoms with Crippen molar-refractivity contribution in [1.29, 1.82) is 0 Å². The van der Waals surface area contributed by atoms with Crippen molar-refractivity contribution in [1.82, 2.24) is 9.88 Å². The minimum absolute atomic E-state index is 0.00663. The molecule has 6 heteroatoms. The van der Waals surface area contributed by atoms with E-state index in [0.29, 0.717) is 11.3 Å². The van der Waals surface area contributed by atoms with Crippen molar-refractivity contribution in [2.45, 2.75) is 66.3 Å². The van der Waals surface area contributed by atoms with E-state index in [1.165, 1.54) is 18.2 Å². The Balaban J connectivity index is 2.41. The average molecular weight is 420 g/mol. The number of nitrogens with zero attached hydrogens (tertiary/aromatic N) is 1. The summed E-state index contributed by atoms with van der Waals surface area (Å²) in [5, 5.41) is 6.03. The summed E-state index contributed by atoms with van der Waals surface area (Å²) >= 11 is 0. The maximum absolute atomic E-state index is 13.6. The van der Waals surface area contributed by atoms with Gasteiger partial charge in [-0.2, -0.15) is 0 Å². The monoisotopic (exact) mass is 419 g/mol. The maximum Gasteiger partial charge on any atom is 0.270 e. The predicted molar refractivity (Wildman–Crippen MR) is 120 cm³/mol. The lowest BCUT2D eigenvalue weighted by Gasteiger charge is -2.30. The van der Waals surface area contributed by atoms with Gasteiger partial charge in [0.05, 0.1) is 5.56 Å². The highest BCUT2D eigenvalue weighted by Gasteiger charge is 2.29. The van der Waals surface area contributed by atoms with Gasteiger partial charge in [-0.3, -0.25) is 4.79 Å². The molecular formula is C24H35F2N3O. The second kappa shape index (κ2) is 8.50. The number of alkyl halides is 2. The standard InChI is InChI=1S/C24H35F2N3O/c1-16-19(21(30)28-18-11-9-10-17(12-18)24(7,25)26)13-20(22(2,3)4)29(16)15-23(5,6)14-27-8/h9-13,27H,14-15H2,1-8H3,(H,28,30). The Morgan fingerprint density at radius 2 is 1.70 bits per heavy atom. The Morgan fingerprint density at radius 3 is 2.23 bits per heavy atom. The molecule has 1 aromatic carbocycles. The van der Waals surface area contributed by atoms with Crippen LogP contribution in [-0.2, 0) is 17.9 Å². The summed E-state index contributed by atoms with van der Waals surface area (Å²) in [6.07, 6.45) is 0. The number of aromatic nitrogens is 1. The Kier molecular flexibility index (Phi) is 6.82. The van der Waals surface area contributed by atoms with Gasteiger partial charge in [-0.25, -0.2) is 8.78 Å². The van der Waals surface area contributed by atoms with Crippen LogP contribution < -0.4 is 10.6 Å². The first-order chi connectivity index (χ1) is 13.7. The van der Waals surface area contributed by atoms with Crippen LogP contribution in [0.4, 0.5) is 14.5 Å². The Hall–Kier alpha value is -2.21. The van der Waals surface area contributed by atoms with Crippen LogP contribution in [0.25, 0.3) is 0 Å². The molecule has 2 N–H and O–H groups in total. The van der Waals surface area contributed by atoms with Crippen molar-refractivity contribution >= 4 is 11.6 Å². The summed E-state index contributed by atoms with van der Waals surface area (Å²) in [5.74, 6) is -3.25. The number of hydrogen-bond donors (Lipinski definition) is 2. The number of anilines is 1. The van der Waals surface area contributed by atoms with Crippen LogP contribution in [0, 0.1) is 12.3 Å². The molecule has 0 saturated carbocycles. The number of halogens is 2. The van der Waals surface area contributed by atoms with E-state index in [1.807, 2.05) is 20.0 Å². The van der Waals surface area contributed by atoms with Gasteiger partial charge in [0.15, 0.2) is 0 Å². The predicted octanol–water partition coefficient (Wildman–Crippen LogP) is 5.70. The fourth-order valence-electron chi connectivity index (χ4n) is 3.73. The van der Waals surface area contributed by atoms with Gasteiger partial charge in [-0.15, -0.1) is 0 Å². The van der Waals surface area contributed by atoms with E-state index in [2.05, 4.69) is 49.8 Å². The van der Waals surface area contributed by atoms with Crippen molar-refractivity contribution in [3.63, 3.8) is 0 Å². The van der Waals surface area contributed by atoms with Crippen LogP contribution >= 0.6 is 0 Å². The number of amides is 1. The first kappa shape index (κ1) is 24.1. The summed E-state index contributed by atoms with van der Waals surface area (Å²) < 4.78 is 29.5. The topological polar surface area (TPSA) is 46.1 Å². The Labute approximate surface area is 179 Å². The molecule has 0 aliphatic heterocycles. The minimum Gasteiger partial charge on any atom is -0.347 e. The molecule has 0 saturated heterocycles. The number of carbonyl (C=O) groups is 1. The summed E-state index contributed by atoms with van der Waals surface area (Å²) in [5.41, 5.74) is 2.59. The largest absolute Gasteiger partial charge is 0.347 e. The summed E-state index contributed by atoms with van der Waals surface area (Å²) in [4.78, 5) is 13.1. The molecule has 0 atom stereocenters. The van der Waals surface area contributed by atoms with Crippen molar-refractivity contribution < 1.29 is 13.6 Å². The summed E-state index contributed by atoms with van der Waals surface area (Å²) in [7, 11) is 1.93. The third-order valence-corrected chi connectivity index (χ3v) is 5.25. The van der Waals surface area contributed by atoms with Gasteiger partial charge in [0, 0.05) is 48.1 Å². The molecule has 1 aromatic heterocycles. The normalized spacial score (nSPS) is 12.9. The van der Waals surface area contributed by atoms with Gasteiger partial charge in [0.1, 0.15) is 0 Å². The van der Waals surface area contributed by atoms with Crippen LogP contribution in [0.15, 0.2) is 30.3 Å². The van der Waals surface area contributed by atoms with Crippen molar-refractivity contribution in [3.05, 3.63) is 52.8 Å². The summed E-state index contributed by atoms with van der Waals surface area (Å²) in [6.45, 7) is 15.1. The lowest BCUT2D eigenvalue weighted by molar-refractivity contribution is 0.0175. The second-order valence-electron chi connectivity index (χ2n) is 9.98. The average Bonchev–Trinajstić information content (AvgIpc) is 2.90. The number of rotatable bonds is 7. The van der Waals surface area contributed by atoms with Gasteiger partial charge < -0.3 is 15.2 Å². The molecule has 4 nitrogen and oxygen atoms in total. The molecule has 0 spiro atoms. The van der Waals surface area contributed by atoms with Crippen LogP contribution in [0.1, 0.15) is 68.9 Å². The van der Waals surface area contributed by atoms with Crippen molar-refractivity contribution in [3.8, 4) is 0 Å². The highest BCUT2D eigenvalue weighted by molar-refractivity contribution is 6.05. The zero-order chi connectivity index (χ0) is 22.9. The number of benzene rings is 1. The highest BCUT2D eigenvalue weighted by Crippen LogP contribution is 2.32. The lowest BCUT2D eigenvalue weighted by atomic mass is 9.89. The maximum atomic E-state index is 13.6. The highest BCUT2D eigenvalue weighted by atomic mass is 19.3. The third kappa shape index (κ3) is 5.69. The van der Waals surface area contributed by atoms with Crippen LogP contribution in [0.5, 0.6) is 0 Å². The molecule has 1 heterocycles. The zero-order valence-corrected chi connectivity index (χ0v) is 19.4. The Morgan fingerprint density at radius 1 is 1.07 bits per heavy atom. The fraction of sp³-hybridized carbons (Fsp3) is 0.542. The number of carbonyl (C=O) groups excluding carboxylic acids is 1. The van der Waals surface area contributed by atoms with Crippen molar-refractivity contribution in [2.24, 2.45) is 5.41 Å². The van der Waals surface area contributed by atoms with Gasteiger partial charge in [0.25, 0.3) is 11.8 Å². The fourth-order valence-corrected chi connectivity index (χ4v) is 3.73. The van der Waals surface area contributed by atoms with E-state index in [4.69, 9.17) is 0 Å². The molecule has 0 aliphatic carbocycles.